The molecule has 0 aromatic carbocycles. The first kappa shape index (κ1) is 29.5. The van der Waals surface area contributed by atoms with Gasteiger partial charge in [0.05, 0.1) is 25.4 Å². The fourth-order valence-electron chi connectivity index (χ4n) is 5.32. The topological polar surface area (TPSA) is 212 Å². The predicted molar refractivity (Wildman–Crippen MR) is 121 cm³/mol. The van der Waals surface area contributed by atoms with Crippen molar-refractivity contribution in [2.75, 3.05) is 13.2 Å². The van der Waals surface area contributed by atoms with E-state index in [1.54, 1.807) is 27.7 Å². The van der Waals surface area contributed by atoms with Gasteiger partial charge in [0.2, 0.25) is 5.91 Å². The highest BCUT2D eigenvalue weighted by molar-refractivity contribution is 5.76. The van der Waals surface area contributed by atoms with Gasteiger partial charge in [0.15, 0.2) is 17.9 Å². The lowest BCUT2D eigenvalue weighted by Crippen LogP contribution is -2.68. The summed E-state index contributed by atoms with van der Waals surface area (Å²) in [6.07, 6.45) is -11.3. The Bertz CT molecular complexity index is 899. The van der Waals surface area contributed by atoms with Crippen LogP contribution in [0.2, 0.25) is 0 Å². The van der Waals surface area contributed by atoms with Gasteiger partial charge in [0.25, 0.3) is 5.79 Å². The lowest BCUT2D eigenvalue weighted by atomic mass is 9.88. The molecule has 4 saturated heterocycles. The van der Waals surface area contributed by atoms with E-state index in [1.165, 1.54) is 0 Å². The minimum Gasteiger partial charge on any atom is -0.477 e. The summed E-state index contributed by atoms with van der Waals surface area (Å²) in [5.74, 6) is -6.74. The third-order valence-electron chi connectivity index (χ3n) is 6.92. The molecule has 11 atom stereocenters. The Morgan fingerprint density at radius 2 is 1.61 bits per heavy atom. The van der Waals surface area contributed by atoms with Crippen LogP contribution in [0.4, 0.5) is 0 Å². The van der Waals surface area contributed by atoms with Gasteiger partial charge in [-0.3, -0.25) is 4.79 Å². The molecule has 0 bridgehead atoms. The second-order valence-electron chi connectivity index (χ2n) is 10.9. The lowest BCUT2D eigenvalue weighted by Gasteiger charge is -2.47. The van der Waals surface area contributed by atoms with Crippen LogP contribution < -0.4 is 5.32 Å². The highest BCUT2D eigenvalue weighted by Gasteiger charge is 2.62. The number of nitrogens with one attached hydrogen (secondary N) is 1. The minimum absolute atomic E-state index is 0.428. The van der Waals surface area contributed by atoms with E-state index in [0.717, 1.165) is 6.92 Å². The molecule has 1 amide bonds. The molecule has 0 spiro atoms. The van der Waals surface area contributed by atoms with Crippen LogP contribution in [-0.2, 0) is 42.7 Å². The number of carboxylic acids is 1. The molecule has 6 N–H and O–H groups in total. The maximum absolute atomic E-state index is 12.4. The summed E-state index contributed by atoms with van der Waals surface area (Å²) in [7, 11) is 0. The maximum atomic E-state index is 12.4. The normalized spacial score (nSPS) is 43.1. The van der Waals surface area contributed by atoms with Crippen molar-refractivity contribution >= 4 is 11.9 Å². The van der Waals surface area contributed by atoms with Gasteiger partial charge in [-0.1, -0.05) is 0 Å². The number of aliphatic hydroxyl groups is 4. The Hall–Kier alpha value is -1.50. The number of carbonyl (C=O) groups is 2. The first-order valence-corrected chi connectivity index (χ1v) is 12.4. The average molecular weight is 552 g/mol. The second kappa shape index (κ2) is 10.5. The van der Waals surface area contributed by atoms with Gasteiger partial charge in [-0.05, 0) is 27.7 Å². The zero-order valence-corrected chi connectivity index (χ0v) is 21.8. The molecule has 38 heavy (non-hydrogen) atoms. The molecular formula is C23H37NO14. The number of carbonyl (C=O) groups excluding carboxylic acids is 1. The standard InChI is InChI=1S/C23H37NO14/c1-9(26)24-13-10(27)6-23(20(30)31,37-16(13)14(29)11(28)7-25)32-8-12-15-17(35-21(2,3)34-15)18-19(33-12)38-22(4,5)36-18/h10-19,25,27-29H,6-8H2,1-5H3,(H,24,26)(H,30,31)/t10-,11+,12+,13+,14+,15-,16+,17-,18+,19+,23+/m0/s1. The summed E-state index contributed by atoms with van der Waals surface area (Å²) >= 11 is 0. The van der Waals surface area contributed by atoms with Gasteiger partial charge in [-0.25, -0.2) is 4.79 Å². The highest BCUT2D eigenvalue weighted by Crippen LogP contribution is 2.44. The molecule has 4 fully saturated rings. The van der Waals surface area contributed by atoms with Crippen LogP contribution in [0, 0.1) is 0 Å². The van der Waals surface area contributed by atoms with E-state index in [2.05, 4.69) is 5.32 Å². The number of fused-ring (bicyclic) bond motifs is 3. The van der Waals surface area contributed by atoms with Crippen molar-refractivity contribution in [1.82, 2.24) is 5.32 Å². The molecule has 4 aliphatic rings. The first-order chi connectivity index (χ1) is 17.6. The Morgan fingerprint density at radius 3 is 2.21 bits per heavy atom. The smallest absolute Gasteiger partial charge is 0.364 e. The van der Waals surface area contributed by atoms with E-state index in [4.69, 9.17) is 33.2 Å². The largest absolute Gasteiger partial charge is 0.477 e. The quantitative estimate of drug-likeness (QED) is 0.185. The van der Waals surface area contributed by atoms with Crippen molar-refractivity contribution < 1.29 is 68.3 Å². The van der Waals surface area contributed by atoms with Crippen LogP contribution in [0.1, 0.15) is 41.0 Å². The maximum Gasteiger partial charge on any atom is 0.364 e. The van der Waals surface area contributed by atoms with E-state index in [0.29, 0.717) is 0 Å². The third-order valence-corrected chi connectivity index (χ3v) is 6.92. The van der Waals surface area contributed by atoms with E-state index >= 15 is 0 Å². The number of hydrogen-bond donors (Lipinski definition) is 6. The molecule has 0 aliphatic carbocycles. The predicted octanol–water partition coefficient (Wildman–Crippen LogP) is -2.45. The van der Waals surface area contributed by atoms with E-state index in [-0.39, 0.29) is 0 Å². The average Bonchev–Trinajstić information content (AvgIpc) is 3.31. The molecule has 15 nitrogen and oxygen atoms in total. The second-order valence-corrected chi connectivity index (χ2v) is 10.9. The number of aliphatic carboxylic acids is 1. The number of rotatable bonds is 8. The van der Waals surface area contributed by atoms with Crippen LogP contribution in [0.5, 0.6) is 0 Å². The van der Waals surface area contributed by atoms with Crippen LogP contribution >= 0.6 is 0 Å². The Labute approximate surface area is 218 Å². The molecule has 4 rings (SSSR count). The van der Waals surface area contributed by atoms with E-state index in [1.807, 2.05) is 0 Å². The van der Waals surface area contributed by atoms with Crippen molar-refractivity contribution in [2.45, 2.75) is 120 Å². The molecule has 0 radical (unpaired) electrons. The van der Waals surface area contributed by atoms with Gasteiger partial charge < -0.3 is 64.0 Å². The molecule has 0 aromatic rings. The zero-order valence-electron chi connectivity index (χ0n) is 21.8. The first-order valence-electron chi connectivity index (χ1n) is 12.4. The Kier molecular flexibility index (Phi) is 8.13. The molecule has 218 valence electrons. The molecule has 15 heteroatoms. The van der Waals surface area contributed by atoms with Crippen molar-refractivity contribution in [3.63, 3.8) is 0 Å². The molecule has 4 aliphatic heterocycles. The third kappa shape index (κ3) is 5.69. The summed E-state index contributed by atoms with van der Waals surface area (Å²) in [5.41, 5.74) is 0. The monoisotopic (exact) mass is 551 g/mol. The summed E-state index contributed by atoms with van der Waals surface area (Å²) in [6.45, 7) is 6.67. The number of amides is 1. The van der Waals surface area contributed by atoms with E-state index < -0.39 is 110 Å². The number of aliphatic hydroxyl groups excluding tert-OH is 4. The van der Waals surface area contributed by atoms with Crippen LogP contribution in [-0.4, -0.2) is 129 Å². The van der Waals surface area contributed by atoms with Crippen molar-refractivity contribution in [3.8, 4) is 0 Å². The Balaban J connectivity index is 1.57. The van der Waals surface area contributed by atoms with Gasteiger partial charge >= 0.3 is 5.97 Å². The van der Waals surface area contributed by atoms with Gasteiger partial charge in [-0.15, -0.1) is 0 Å². The van der Waals surface area contributed by atoms with Crippen LogP contribution in [0.15, 0.2) is 0 Å². The minimum atomic E-state index is -2.52. The van der Waals surface area contributed by atoms with Crippen LogP contribution in [0.3, 0.4) is 0 Å². The molecule has 0 unspecified atom stereocenters. The van der Waals surface area contributed by atoms with Gasteiger partial charge in [0, 0.05) is 13.3 Å². The number of ether oxygens (including phenoxy) is 7. The number of carboxylic acid groups (broad SMARTS) is 1. The molecule has 4 heterocycles. The fraction of sp³-hybridized carbons (Fsp3) is 0.913. The van der Waals surface area contributed by atoms with Gasteiger partial charge in [-0.2, -0.15) is 0 Å². The highest BCUT2D eigenvalue weighted by atomic mass is 16.9. The van der Waals surface area contributed by atoms with Gasteiger partial charge in [0.1, 0.15) is 42.7 Å². The molecule has 0 saturated carbocycles. The van der Waals surface area contributed by atoms with E-state index in [9.17, 15) is 35.1 Å². The van der Waals surface area contributed by atoms with Crippen molar-refractivity contribution in [3.05, 3.63) is 0 Å². The molecular weight excluding hydrogens is 514 g/mol. The lowest BCUT2D eigenvalue weighted by molar-refractivity contribution is -0.325. The summed E-state index contributed by atoms with van der Waals surface area (Å²) in [6, 6.07) is -1.31. The Morgan fingerprint density at radius 1 is 1.00 bits per heavy atom. The molecule has 0 aromatic heterocycles. The van der Waals surface area contributed by atoms with Crippen molar-refractivity contribution in [1.29, 1.82) is 0 Å². The fourth-order valence-corrected chi connectivity index (χ4v) is 5.32. The SMILES string of the molecule is CC(=O)N[C@H]1[C@H]([C@H](O)[C@H](O)CO)O[C@@](OC[C@H]2O[C@@H]3OC(C)(C)O[C@@H]3[C@H]3OC(C)(C)O[C@H]32)(C(=O)O)C[C@@H]1O. The number of hydrogen-bond acceptors (Lipinski definition) is 13. The van der Waals surface area contributed by atoms with Crippen molar-refractivity contribution in [2.24, 2.45) is 0 Å². The summed E-state index contributed by atoms with van der Waals surface area (Å²) in [5, 5.41) is 53.2. The zero-order chi connectivity index (χ0) is 28.2. The van der Waals surface area contributed by atoms with Crippen LogP contribution in [0.25, 0.3) is 0 Å². The summed E-state index contributed by atoms with van der Waals surface area (Å²) < 4.78 is 41.3. The summed E-state index contributed by atoms with van der Waals surface area (Å²) in [4.78, 5) is 24.2.